The molecule has 76 valence electrons. The molecule has 1 fully saturated rings. The first-order chi connectivity index (χ1) is 6.46. The van der Waals surface area contributed by atoms with Crippen LogP contribution in [0.2, 0.25) is 0 Å². The van der Waals surface area contributed by atoms with E-state index in [1.165, 1.54) is 0 Å². The molecule has 0 radical (unpaired) electrons. The summed E-state index contributed by atoms with van der Waals surface area (Å²) in [5.74, 6) is 0. The molecule has 2 nitrogen and oxygen atoms in total. The summed E-state index contributed by atoms with van der Waals surface area (Å²) in [6.45, 7) is 5.98. The van der Waals surface area contributed by atoms with Crippen LogP contribution < -0.4 is 0 Å². The van der Waals surface area contributed by atoms with Crippen molar-refractivity contribution < 1.29 is 5.11 Å². The molecule has 0 spiro atoms. The predicted molar refractivity (Wildman–Crippen MR) is 55.9 cm³/mol. The first-order valence-electron chi connectivity index (χ1n) is 5.11. The fourth-order valence-corrected chi connectivity index (χ4v) is 1.78. The summed E-state index contributed by atoms with van der Waals surface area (Å²) in [7, 11) is 0. The number of rotatable bonds is 2. The molecule has 0 aliphatic heterocycles. The first-order valence-corrected chi connectivity index (χ1v) is 5.11. The summed E-state index contributed by atoms with van der Waals surface area (Å²) in [5, 5.41) is 10.4. The van der Waals surface area contributed by atoms with Gasteiger partial charge in [-0.25, -0.2) is 0 Å². The highest BCUT2D eigenvalue weighted by atomic mass is 16.3. The van der Waals surface area contributed by atoms with Gasteiger partial charge in [-0.1, -0.05) is 13.0 Å². The van der Waals surface area contributed by atoms with E-state index < -0.39 is 5.60 Å². The average Bonchev–Trinajstić information content (AvgIpc) is 2.86. The van der Waals surface area contributed by atoms with Gasteiger partial charge in [-0.05, 0) is 32.8 Å². The molecule has 1 aliphatic carbocycles. The van der Waals surface area contributed by atoms with Crippen LogP contribution in [0, 0.1) is 12.3 Å². The van der Waals surface area contributed by atoms with Gasteiger partial charge in [0.2, 0.25) is 0 Å². The molecule has 14 heavy (non-hydrogen) atoms. The zero-order valence-electron chi connectivity index (χ0n) is 9.04. The van der Waals surface area contributed by atoms with Gasteiger partial charge < -0.3 is 5.11 Å². The van der Waals surface area contributed by atoms with Crippen LogP contribution >= 0.6 is 0 Å². The molecular formula is C12H17NO. The van der Waals surface area contributed by atoms with E-state index in [9.17, 15) is 5.11 Å². The van der Waals surface area contributed by atoms with Crippen molar-refractivity contribution in [1.82, 2.24) is 4.98 Å². The van der Waals surface area contributed by atoms with E-state index in [1.54, 1.807) is 6.20 Å². The lowest BCUT2D eigenvalue weighted by Gasteiger charge is -2.30. The highest BCUT2D eigenvalue weighted by Crippen LogP contribution is 2.57. The van der Waals surface area contributed by atoms with E-state index in [-0.39, 0.29) is 5.41 Å². The van der Waals surface area contributed by atoms with Crippen molar-refractivity contribution in [3.05, 3.63) is 29.6 Å². The molecule has 1 aliphatic rings. The number of nitrogens with zero attached hydrogens (tertiary/aromatic N) is 1. The number of aryl methyl sites for hydroxylation is 1. The van der Waals surface area contributed by atoms with Gasteiger partial charge in [0.15, 0.2) is 0 Å². The van der Waals surface area contributed by atoms with Gasteiger partial charge in [0.25, 0.3) is 0 Å². The second-order valence-electron chi connectivity index (χ2n) is 4.82. The van der Waals surface area contributed by atoms with Crippen LogP contribution in [0.3, 0.4) is 0 Å². The quantitative estimate of drug-likeness (QED) is 0.778. The maximum Gasteiger partial charge on any atom is 0.0936 e. The van der Waals surface area contributed by atoms with Crippen molar-refractivity contribution in [2.24, 2.45) is 5.41 Å². The lowest BCUT2D eigenvalue weighted by atomic mass is 9.82. The lowest BCUT2D eigenvalue weighted by Crippen LogP contribution is -2.31. The van der Waals surface area contributed by atoms with Gasteiger partial charge in [0.05, 0.1) is 5.60 Å². The Bertz CT molecular complexity index is 336. The van der Waals surface area contributed by atoms with Gasteiger partial charge >= 0.3 is 0 Å². The minimum absolute atomic E-state index is 0.0595. The first kappa shape index (κ1) is 9.66. The van der Waals surface area contributed by atoms with E-state index in [4.69, 9.17) is 0 Å². The summed E-state index contributed by atoms with van der Waals surface area (Å²) in [5.41, 5.74) is 1.26. The van der Waals surface area contributed by atoms with Crippen molar-refractivity contribution in [1.29, 1.82) is 0 Å². The summed E-state index contributed by atoms with van der Waals surface area (Å²) in [6, 6.07) is 3.93. The van der Waals surface area contributed by atoms with Crippen LogP contribution in [0.25, 0.3) is 0 Å². The van der Waals surface area contributed by atoms with E-state index in [0.29, 0.717) is 0 Å². The van der Waals surface area contributed by atoms with Gasteiger partial charge in [-0.15, -0.1) is 0 Å². The standard InChI is InChI=1S/C12H17NO/c1-9-4-5-10(8-13-9)12(3,14)11(2)6-7-11/h4-5,8,14H,6-7H2,1-3H3. The molecule has 1 N–H and O–H groups in total. The number of aliphatic hydroxyl groups is 1. The van der Waals surface area contributed by atoms with Crippen molar-refractivity contribution >= 4 is 0 Å². The third-order valence-electron chi connectivity index (χ3n) is 3.65. The molecule has 0 saturated heterocycles. The SMILES string of the molecule is Cc1ccc(C(C)(O)C2(C)CC2)cn1. The van der Waals surface area contributed by atoms with Crippen LogP contribution in [-0.2, 0) is 5.60 Å². The van der Waals surface area contributed by atoms with E-state index in [2.05, 4.69) is 11.9 Å². The Balaban J connectivity index is 2.34. The molecule has 1 unspecified atom stereocenters. The predicted octanol–water partition coefficient (Wildman–Crippen LogP) is 2.40. The second kappa shape index (κ2) is 2.80. The van der Waals surface area contributed by atoms with Crippen LogP contribution in [0.4, 0.5) is 0 Å². The maximum atomic E-state index is 10.4. The minimum atomic E-state index is -0.728. The lowest BCUT2D eigenvalue weighted by molar-refractivity contribution is -0.0129. The van der Waals surface area contributed by atoms with Crippen LogP contribution in [0.1, 0.15) is 37.9 Å². The molecule has 1 heterocycles. The van der Waals surface area contributed by atoms with E-state index >= 15 is 0 Å². The Morgan fingerprint density at radius 1 is 1.43 bits per heavy atom. The average molecular weight is 191 g/mol. The summed E-state index contributed by atoms with van der Waals surface area (Å²) >= 11 is 0. The maximum absolute atomic E-state index is 10.4. The van der Waals surface area contributed by atoms with Crippen LogP contribution in [-0.4, -0.2) is 10.1 Å². The summed E-state index contributed by atoms with van der Waals surface area (Å²) in [4.78, 5) is 4.23. The molecule has 2 heteroatoms. The Kier molecular flexibility index (Phi) is 1.93. The van der Waals surface area contributed by atoms with Gasteiger partial charge in [0.1, 0.15) is 0 Å². The Labute approximate surface area is 85.0 Å². The number of hydrogen-bond donors (Lipinski definition) is 1. The Hall–Kier alpha value is -0.890. The molecule has 2 rings (SSSR count). The van der Waals surface area contributed by atoms with Crippen LogP contribution in [0.5, 0.6) is 0 Å². The Morgan fingerprint density at radius 2 is 2.07 bits per heavy atom. The third kappa shape index (κ3) is 1.34. The Morgan fingerprint density at radius 3 is 2.50 bits per heavy atom. The topological polar surface area (TPSA) is 33.1 Å². The normalized spacial score (nSPS) is 22.9. The number of pyridine rings is 1. The summed E-state index contributed by atoms with van der Waals surface area (Å²) in [6.07, 6.45) is 4.00. The molecule has 1 aromatic rings. The third-order valence-corrected chi connectivity index (χ3v) is 3.65. The molecule has 1 aromatic heterocycles. The van der Waals surface area contributed by atoms with Crippen molar-refractivity contribution in [2.45, 2.75) is 39.2 Å². The fraction of sp³-hybridized carbons (Fsp3) is 0.583. The van der Waals surface area contributed by atoms with Crippen molar-refractivity contribution in [3.8, 4) is 0 Å². The number of aromatic nitrogens is 1. The fourth-order valence-electron chi connectivity index (χ4n) is 1.78. The number of hydrogen-bond acceptors (Lipinski definition) is 2. The van der Waals surface area contributed by atoms with Gasteiger partial charge in [-0.3, -0.25) is 4.98 Å². The van der Waals surface area contributed by atoms with E-state index in [0.717, 1.165) is 24.1 Å². The highest BCUT2D eigenvalue weighted by molar-refractivity contribution is 5.25. The molecule has 0 bridgehead atoms. The summed E-state index contributed by atoms with van der Waals surface area (Å²) < 4.78 is 0. The van der Waals surface area contributed by atoms with Crippen molar-refractivity contribution in [3.63, 3.8) is 0 Å². The molecule has 1 saturated carbocycles. The van der Waals surface area contributed by atoms with Crippen molar-refractivity contribution in [2.75, 3.05) is 0 Å². The molecular weight excluding hydrogens is 174 g/mol. The minimum Gasteiger partial charge on any atom is -0.385 e. The highest BCUT2D eigenvalue weighted by Gasteiger charge is 2.53. The van der Waals surface area contributed by atoms with Gasteiger partial charge in [-0.2, -0.15) is 0 Å². The van der Waals surface area contributed by atoms with Gasteiger partial charge in [0, 0.05) is 22.9 Å². The van der Waals surface area contributed by atoms with E-state index in [1.807, 2.05) is 26.0 Å². The second-order valence-corrected chi connectivity index (χ2v) is 4.82. The smallest absolute Gasteiger partial charge is 0.0936 e. The monoisotopic (exact) mass is 191 g/mol. The molecule has 0 amide bonds. The zero-order chi connectivity index (χ0) is 10.4. The van der Waals surface area contributed by atoms with Crippen LogP contribution in [0.15, 0.2) is 18.3 Å². The molecule has 0 aromatic carbocycles. The largest absolute Gasteiger partial charge is 0.385 e. The molecule has 1 atom stereocenters. The zero-order valence-corrected chi connectivity index (χ0v) is 9.04.